The summed E-state index contributed by atoms with van der Waals surface area (Å²) in [4.78, 5) is 12.3. The van der Waals surface area contributed by atoms with Crippen LogP contribution >= 0.6 is 11.8 Å². The molecule has 0 unspecified atom stereocenters. The predicted molar refractivity (Wildman–Crippen MR) is 109 cm³/mol. The maximum Gasteiger partial charge on any atom is 0.230 e. The molecule has 0 atom stereocenters. The molecule has 2 aromatic rings. The molecule has 0 saturated heterocycles. The number of thioether (sulfide) groups is 1. The lowest BCUT2D eigenvalue weighted by atomic mass is 9.79. The average molecular weight is 370 g/mol. The molecule has 26 heavy (non-hydrogen) atoms. The lowest BCUT2D eigenvalue weighted by Gasteiger charge is -2.30. The minimum absolute atomic E-state index is 0.0754. The van der Waals surface area contributed by atoms with E-state index in [2.05, 4.69) is 29.6 Å². The predicted octanol–water partition coefficient (Wildman–Crippen LogP) is 4.56. The highest BCUT2D eigenvalue weighted by molar-refractivity contribution is 7.99. The number of nitrogens with one attached hydrogen (secondary N) is 1. The first-order chi connectivity index (χ1) is 12.7. The van der Waals surface area contributed by atoms with Gasteiger partial charge in [0.25, 0.3) is 0 Å². The van der Waals surface area contributed by atoms with Crippen LogP contribution in [-0.4, -0.2) is 25.3 Å². The van der Waals surface area contributed by atoms with E-state index in [1.165, 1.54) is 24.0 Å². The normalized spacial score (nSPS) is 15.6. The second-order valence-electron chi connectivity index (χ2n) is 6.97. The van der Waals surface area contributed by atoms with Crippen molar-refractivity contribution in [2.45, 2.75) is 36.9 Å². The van der Waals surface area contributed by atoms with Gasteiger partial charge in [0, 0.05) is 17.7 Å². The number of methoxy groups -OCH3 is 1. The summed E-state index contributed by atoms with van der Waals surface area (Å²) < 4.78 is 5.27. The van der Waals surface area contributed by atoms with Gasteiger partial charge in [0.15, 0.2) is 0 Å². The lowest BCUT2D eigenvalue weighted by molar-refractivity contribution is -0.118. The van der Waals surface area contributed by atoms with Gasteiger partial charge in [0.05, 0.1) is 12.9 Å². The molecule has 0 bridgehead atoms. The molecule has 1 amide bonds. The monoisotopic (exact) mass is 369 g/mol. The Morgan fingerprint density at radius 2 is 1.77 bits per heavy atom. The van der Waals surface area contributed by atoms with Crippen molar-refractivity contribution in [3.63, 3.8) is 0 Å². The summed E-state index contributed by atoms with van der Waals surface area (Å²) in [6.45, 7) is 0.726. The zero-order valence-electron chi connectivity index (χ0n) is 15.4. The molecule has 1 aliphatic carbocycles. The first-order valence-electron chi connectivity index (χ1n) is 9.25. The number of benzene rings is 2. The fourth-order valence-corrected chi connectivity index (χ4v) is 4.54. The van der Waals surface area contributed by atoms with E-state index in [0.29, 0.717) is 5.75 Å². The van der Waals surface area contributed by atoms with Crippen molar-refractivity contribution in [2.75, 3.05) is 19.4 Å². The molecule has 0 spiro atoms. The number of hydrogen-bond acceptors (Lipinski definition) is 3. The molecular formula is C22H27NO2S. The first kappa shape index (κ1) is 18.8. The molecule has 1 aliphatic rings. The number of carbonyl (C=O) groups excluding carboxylic acids is 1. The van der Waals surface area contributed by atoms with E-state index in [0.717, 1.165) is 30.9 Å². The highest BCUT2D eigenvalue weighted by Gasteiger charge is 2.35. The Hall–Kier alpha value is -1.94. The van der Waals surface area contributed by atoms with Crippen LogP contribution in [0.15, 0.2) is 54.6 Å². The number of ether oxygens (including phenoxy) is 1. The number of amides is 1. The molecule has 0 aliphatic heterocycles. The molecule has 1 saturated carbocycles. The lowest BCUT2D eigenvalue weighted by Crippen LogP contribution is -2.39. The number of carbonyl (C=O) groups is 1. The third-order valence-electron chi connectivity index (χ3n) is 5.23. The van der Waals surface area contributed by atoms with Gasteiger partial charge in [0.1, 0.15) is 5.75 Å². The van der Waals surface area contributed by atoms with Gasteiger partial charge >= 0.3 is 0 Å². The quantitative estimate of drug-likeness (QED) is 0.741. The second-order valence-corrected chi connectivity index (χ2v) is 7.96. The third-order valence-corrected chi connectivity index (χ3v) is 6.24. The summed E-state index contributed by atoms with van der Waals surface area (Å²) in [5, 5.41) is 3.19. The van der Waals surface area contributed by atoms with Crippen LogP contribution in [0.2, 0.25) is 0 Å². The van der Waals surface area contributed by atoms with Gasteiger partial charge in [-0.3, -0.25) is 4.79 Å². The summed E-state index contributed by atoms with van der Waals surface area (Å²) in [6, 6.07) is 18.6. The highest BCUT2D eigenvalue weighted by atomic mass is 32.2. The van der Waals surface area contributed by atoms with Gasteiger partial charge in [0.2, 0.25) is 5.91 Å². The van der Waals surface area contributed by atoms with Gasteiger partial charge in [-0.25, -0.2) is 0 Å². The van der Waals surface area contributed by atoms with Crippen LogP contribution in [0.5, 0.6) is 5.75 Å². The molecule has 138 valence electrons. The van der Waals surface area contributed by atoms with Crippen molar-refractivity contribution < 1.29 is 9.53 Å². The van der Waals surface area contributed by atoms with E-state index in [9.17, 15) is 4.79 Å². The smallest absolute Gasteiger partial charge is 0.230 e. The van der Waals surface area contributed by atoms with E-state index in [1.807, 2.05) is 30.3 Å². The summed E-state index contributed by atoms with van der Waals surface area (Å²) in [6.07, 6.45) is 4.73. The zero-order valence-corrected chi connectivity index (χ0v) is 16.2. The Labute approximate surface area is 160 Å². The van der Waals surface area contributed by atoms with Gasteiger partial charge in [-0.1, -0.05) is 55.3 Å². The van der Waals surface area contributed by atoms with Crippen LogP contribution in [0.1, 0.15) is 36.8 Å². The Kier molecular flexibility index (Phi) is 6.62. The minimum atomic E-state index is 0.0754. The van der Waals surface area contributed by atoms with Gasteiger partial charge in [-0.2, -0.15) is 0 Å². The van der Waals surface area contributed by atoms with Crippen LogP contribution in [0, 0.1) is 0 Å². The summed E-state index contributed by atoms with van der Waals surface area (Å²) in [5.41, 5.74) is 2.65. The molecular weight excluding hydrogens is 342 g/mol. The first-order valence-corrected chi connectivity index (χ1v) is 10.4. The molecule has 4 heteroatoms. The van der Waals surface area contributed by atoms with E-state index in [1.54, 1.807) is 18.9 Å². The molecule has 3 rings (SSSR count). The maximum absolute atomic E-state index is 12.3. The standard InChI is InChI=1S/C22H27NO2S/c1-25-20-11-9-19(10-12-20)22(13-5-6-14-22)17-23-21(24)16-26-15-18-7-3-2-4-8-18/h2-4,7-12H,5-6,13-17H2,1H3,(H,23,24). The van der Waals surface area contributed by atoms with Crippen molar-refractivity contribution in [3.8, 4) is 5.75 Å². The molecule has 3 nitrogen and oxygen atoms in total. The Balaban J connectivity index is 1.52. The van der Waals surface area contributed by atoms with E-state index < -0.39 is 0 Å². The van der Waals surface area contributed by atoms with Crippen molar-refractivity contribution in [2.24, 2.45) is 0 Å². The number of hydrogen-bond donors (Lipinski definition) is 1. The fourth-order valence-electron chi connectivity index (χ4n) is 3.72. The SMILES string of the molecule is COc1ccc(C2(CNC(=O)CSCc3ccccc3)CCCC2)cc1. The zero-order chi connectivity index (χ0) is 18.2. The molecule has 0 radical (unpaired) electrons. The van der Waals surface area contributed by atoms with E-state index >= 15 is 0 Å². The minimum Gasteiger partial charge on any atom is -0.497 e. The van der Waals surface area contributed by atoms with Crippen LogP contribution in [-0.2, 0) is 16.0 Å². The van der Waals surface area contributed by atoms with Crippen LogP contribution in [0.25, 0.3) is 0 Å². The van der Waals surface area contributed by atoms with Crippen LogP contribution < -0.4 is 10.1 Å². The van der Waals surface area contributed by atoms with Gasteiger partial charge < -0.3 is 10.1 Å². The summed E-state index contributed by atoms with van der Waals surface area (Å²) >= 11 is 1.67. The van der Waals surface area contributed by atoms with Crippen LogP contribution in [0.3, 0.4) is 0 Å². The Bertz CT molecular complexity index is 694. The average Bonchev–Trinajstić information content (AvgIpc) is 3.17. The van der Waals surface area contributed by atoms with Crippen molar-refractivity contribution in [3.05, 3.63) is 65.7 Å². The topological polar surface area (TPSA) is 38.3 Å². The summed E-state index contributed by atoms with van der Waals surface area (Å²) in [5.74, 6) is 2.39. The molecule has 0 heterocycles. The van der Waals surface area contributed by atoms with Crippen molar-refractivity contribution >= 4 is 17.7 Å². The Morgan fingerprint density at radius 3 is 2.42 bits per heavy atom. The van der Waals surface area contributed by atoms with Crippen molar-refractivity contribution in [1.82, 2.24) is 5.32 Å². The molecule has 1 N–H and O–H groups in total. The van der Waals surface area contributed by atoms with Crippen LogP contribution in [0.4, 0.5) is 0 Å². The van der Waals surface area contributed by atoms with E-state index in [4.69, 9.17) is 4.74 Å². The fraction of sp³-hybridized carbons (Fsp3) is 0.409. The van der Waals surface area contributed by atoms with Gasteiger partial charge in [-0.15, -0.1) is 11.8 Å². The Morgan fingerprint density at radius 1 is 1.08 bits per heavy atom. The second kappa shape index (κ2) is 9.13. The highest BCUT2D eigenvalue weighted by Crippen LogP contribution is 2.41. The van der Waals surface area contributed by atoms with Gasteiger partial charge in [-0.05, 0) is 36.1 Å². The molecule has 1 fully saturated rings. The van der Waals surface area contributed by atoms with Crippen molar-refractivity contribution in [1.29, 1.82) is 0 Å². The third kappa shape index (κ3) is 4.82. The largest absolute Gasteiger partial charge is 0.497 e. The molecule has 2 aromatic carbocycles. The maximum atomic E-state index is 12.3. The molecule has 0 aromatic heterocycles. The van der Waals surface area contributed by atoms with E-state index in [-0.39, 0.29) is 11.3 Å². The summed E-state index contributed by atoms with van der Waals surface area (Å²) in [7, 11) is 1.69. The number of rotatable bonds is 8.